The van der Waals surface area contributed by atoms with Crippen LogP contribution in [0.4, 0.5) is 0 Å². The number of nitrogens with zero attached hydrogens (tertiary/aromatic N) is 3. The summed E-state index contributed by atoms with van der Waals surface area (Å²) in [4.78, 5) is 17.0. The number of nitriles is 1. The van der Waals surface area contributed by atoms with Crippen LogP contribution >= 0.6 is 0 Å². The van der Waals surface area contributed by atoms with Gasteiger partial charge in [0.2, 0.25) is 5.91 Å². The summed E-state index contributed by atoms with van der Waals surface area (Å²) in [6.07, 6.45) is 0.255. The fourth-order valence-corrected chi connectivity index (χ4v) is 4.29. The molecule has 2 heterocycles. The quantitative estimate of drug-likeness (QED) is 0.606. The number of hydrogen-bond donors (Lipinski definition) is 1. The van der Waals surface area contributed by atoms with E-state index in [-0.39, 0.29) is 18.1 Å². The van der Waals surface area contributed by atoms with E-state index in [1.165, 1.54) is 0 Å². The van der Waals surface area contributed by atoms with E-state index in [0.717, 1.165) is 43.9 Å². The Morgan fingerprint density at radius 2 is 1.69 bits per heavy atom. The van der Waals surface area contributed by atoms with E-state index >= 15 is 0 Å². The van der Waals surface area contributed by atoms with Gasteiger partial charge in [-0.15, -0.1) is 0 Å². The molecule has 2 bridgehead atoms. The highest BCUT2D eigenvalue weighted by Gasteiger charge is 2.35. The van der Waals surface area contributed by atoms with Crippen molar-refractivity contribution >= 4 is 5.91 Å². The molecule has 7 heteroatoms. The van der Waals surface area contributed by atoms with Crippen molar-refractivity contribution < 1.29 is 14.3 Å². The number of nitrogens with one attached hydrogen (secondary N) is 1. The van der Waals surface area contributed by atoms with Gasteiger partial charge in [0, 0.05) is 39.3 Å². The zero-order chi connectivity index (χ0) is 22.2. The molecule has 2 aliphatic rings. The summed E-state index contributed by atoms with van der Waals surface area (Å²) in [6, 6.07) is 19.6. The van der Waals surface area contributed by atoms with E-state index in [2.05, 4.69) is 21.2 Å². The summed E-state index contributed by atoms with van der Waals surface area (Å²) >= 11 is 0. The molecule has 0 radical (unpaired) electrons. The fourth-order valence-electron chi connectivity index (χ4n) is 4.29. The fraction of sp³-hybridized carbons (Fsp3) is 0.440. The topological polar surface area (TPSA) is 77.8 Å². The second-order valence-electron chi connectivity index (χ2n) is 8.46. The number of hydrogen-bond acceptors (Lipinski definition) is 6. The number of ether oxygens (including phenoxy) is 2. The molecule has 2 aliphatic heterocycles. The number of amides is 1. The lowest BCUT2D eigenvalue weighted by molar-refractivity contribution is -0.146. The van der Waals surface area contributed by atoms with Gasteiger partial charge in [-0.3, -0.25) is 14.6 Å². The standard InChI is InChI=1S/C25H30N4O3/c26-12-20-6-8-22(9-7-20)19-31-11-10-28-14-23-16-29(17-24(15-28)32-23)18-25(30)27-13-21-4-2-1-3-5-21/h1-9,23-24H,10-11,13-19H2,(H,27,30). The highest BCUT2D eigenvalue weighted by Crippen LogP contribution is 2.19. The van der Waals surface area contributed by atoms with Gasteiger partial charge in [-0.2, -0.15) is 5.26 Å². The number of benzene rings is 2. The lowest BCUT2D eigenvalue weighted by atomic mass is 10.1. The van der Waals surface area contributed by atoms with Gasteiger partial charge >= 0.3 is 0 Å². The van der Waals surface area contributed by atoms with Gasteiger partial charge in [0.1, 0.15) is 0 Å². The van der Waals surface area contributed by atoms with Crippen LogP contribution in [-0.2, 0) is 27.4 Å². The van der Waals surface area contributed by atoms with Crippen molar-refractivity contribution in [1.29, 1.82) is 5.26 Å². The van der Waals surface area contributed by atoms with Crippen LogP contribution in [-0.4, -0.2) is 73.8 Å². The Bertz CT molecular complexity index is 899. The monoisotopic (exact) mass is 434 g/mol. The Morgan fingerprint density at radius 1 is 1.00 bits per heavy atom. The van der Waals surface area contributed by atoms with Crippen LogP contribution in [0.15, 0.2) is 54.6 Å². The molecule has 0 spiro atoms. The summed E-state index contributed by atoms with van der Waals surface area (Å²) in [5, 5.41) is 11.9. The molecule has 2 aromatic rings. The van der Waals surface area contributed by atoms with Crippen molar-refractivity contribution in [2.75, 3.05) is 45.9 Å². The minimum absolute atomic E-state index is 0.0573. The Labute approximate surface area is 189 Å². The highest BCUT2D eigenvalue weighted by atomic mass is 16.5. The van der Waals surface area contributed by atoms with Crippen molar-refractivity contribution in [3.05, 3.63) is 71.3 Å². The first kappa shape index (κ1) is 22.4. The van der Waals surface area contributed by atoms with Crippen molar-refractivity contribution in [3.63, 3.8) is 0 Å². The minimum Gasteiger partial charge on any atom is -0.375 e. The molecule has 1 amide bonds. The normalized spacial score (nSPS) is 21.1. The maximum absolute atomic E-state index is 12.4. The lowest BCUT2D eigenvalue weighted by Gasteiger charge is -2.45. The molecular weight excluding hydrogens is 404 g/mol. The third-order valence-corrected chi connectivity index (χ3v) is 5.84. The van der Waals surface area contributed by atoms with E-state index in [4.69, 9.17) is 14.7 Å². The Kier molecular flexibility index (Phi) is 7.86. The molecule has 2 unspecified atom stereocenters. The van der Waals surface area contributed by atoms with Crippen LogP contribution in [0.3, 0.4) is 0 Å². The molecule has 2 aromatic carbocycles. The van der Waals surface area contributed by atoms with Crippen LogP contribution in [0, 0.1) is 11.3 Å². The third-order valence-electron chi connectivity index (χ3n) is 5.84. The molecule has 0 aromatic heterocycles. The smallest absolute Gasteiger partial charge is 0.234 e. The molecule has 4 rings (SSSR count). The van der Waals surface area contributed by atoms with Crippen molar-refractivity contribution in [2.45, 2.75) is 25.4 Å². The van der Waals surface area contributed by atoms with Crippen molar-refractivity contribution in [1.82, 2.24) is 15.1 Å². The first-order valence-electron chi connectivity index (χ1n) is 11.2. The maximum Gasteiger partial charge on any atom is 0.234 e. The Balaban J connectivity index is 1.14. The number of carbonyl (C=O) groups is 1. The second-order valence-corrected chi connectivity index (χ2v) is 8.46. The SMILES string of the molecule is N#Cc1ccc(COCCN2CC3CN(CC(=O)NCc4ccccc4)CC(C2)O3)cc1. The highest BCUT2D eigenvalue weighted by molar-refractivity contribution is 5.78. The van der Waals surface area contributed by atoms with Gasteiger partial charge in [-0.1, -0.05) is 42.5 Å². The van der Waals surface area contributed by atoms with Gasteiger partial charge in [-0.25, -0.2) is 0 Å². The van der Waals surface area contributed by atoms with Crippen LogP contribution in [0.5, 0.6) is 0 Å². The molecule has 2 saturated heterocycles. The molecule has 1 N–H and O–H groups in total. The second kappa shape index (κ2) is 11.2. The van der Waals surface area contributed by atoms with Crippen LogP contribution in [0.25, 0.3) is 0 Å². The summed E-state index contributed by atoms with van der Waals surface area (Å²) in [6.45, 7) is 6.32. The third kappa shape index (κ3) is 6.62. The van der Waals surface area contributed by atoms with Gasteiger partial charge in [0.25, 0.3) is 0 Å². The largest absolute Gasteiger partial charge is 0.375 e. The minimum atomic E-state index is 0.0573. The number of fused-ring (bicyclic) bond motifs is 2. The molecule has 7 nitrogen and oxygen atoms in total. The van der Waals surface area contributed by atoms with Gasteiger partial charge in [0.15, 0.2) is 0 Å². The molecule has 2 atom stereocenters. The van der Waals surface area contributed by atoms with E-state index in [0.29, 0.717) is 31.9 Å². The first-order valence-corrected chi connectivity index (χ1v) is 11.2. The summed E-state index contributed by atoms with van der Waals surface area (Å²) < 4.78 is 11.9. The number of morpholine rings is 2. The summed E-state index contributed by atoms with van der Waals surface area (Å²) in [5.74, 6) is 0.0573. The number of carbonyl (C=O) groups excluding carboxylic acids is 1. The average Bonchev–Trinajstić information content (AvgIpc) is 2.81. The Hall–Kier alpha value is -2.76. The molecule has 0 aliphatic carbocycles. The van der Waals surface area contributed by atoms with Gasteiger partial charge in [-0.05, 0) is 23.3 Å². The first-order chi connectivity index (χ1) is 15.7. The summed E-state index contributed by atoms with van der Waals surface area (Å²) in [7, 11) is 0. The Morgan fingerprint density at radius 3 is 2.38 bits per heavy atom. The van der Waals surface area contributed by atoms with E-state index < -0.39 is 0 Å². The zero-order valence-corrected chi connectivity index (χ0v) is 18.3. The predicted octanol–water partition coefficient (Wildman–Crippen LogP) is 1.78. The van der Waals surface area contributed by atoms with E-state index in [1.54, 1.807) is 0 Å². The van der Waals surface area contributed by atoms with Gasteiger partial charge < -0.3 is 14.8 Å². The number of rotatable bonds is 9. The van der Waals surface area contributed by atoms with Crippen LogP contribution in [0.1, 0.15) is 16.7 Å². The molecule has 168 valence electrons. The van der Waals surface area contributed by atoms with Crippen LogP contribution < -0.4 is 5.32 Å². The average molecular weight is 435 g/mol. The molecule has 2 fully saturated rings. The van der Waals surface area contributed by atoms with Gasteiger partial charge in [0.05, 0.1) is 43.6 Å². The van der Waals surface area contributed by atoms with E-state index in [9.17, 15) is 4.79 Å². The zero-order valence-electron chi connectivity index (χ0n) is 18.3. The van der Waals surface area contributed by atoms with Crippen molar-refractivity contribution in [2.24, 2.45) is 0 Å². The van der Waals surface area contributed by atoms with E-state index in [1.807, 2.05) is 54.6 Å². The maximum atomic E-state index is 12.4. The molecule has 32 heavy (non-hydrogen) atoms. The van der Waals surface area contributed by atoms with Crippen LogP contribution in [0.2, 0.25) is 0 Å². The van der Waals surface area contributed by atoms with Crippen molar-refractivity contribution in [3.8, 4) is 6.07 Å². The predicted molar refractivity (Wildman–Crippen MR) is 121 cm³/mol. The molecular formula is C25H30N4O3. The summed E-state index contributed by atoms with van der Waals surface area (Å²) in [5.41, 5.74) is 2.84. The lowest BCUT2D eigenvalue weighted by Crippen LogP contribution is -2.60. The molecule has 0 saturated carbocycles.